The first kappa shape index (κ1) is 10.7. The molecule has 1 aromatic heterocycles. The molecule has 0 saturated carbocycles. The number of hydrogen-bond donors (Lipinski definition) is 1. The van der Waals surface area contributed by atoms with Crippen LogP contribution >= 0.6 is 0 Å². The van der Waals surface area contributed by atoms with Crippen LogP contribution < -0.4 is 5.14 Å². The van der Waals surface area contributed by atoms with Gasteiger partial charge in [0, 0.05) is 12.6 Å². The summed E-state index contributed by atoms with van der Waals surface area (Å²) < 4.78 is 23.8. The Morgan fingerprint density at radius 1 is 1.38 bits per heavy atom. The van der Waals surface area contributed by atoms with Gasteiger partial charge in [0.2, 0.25) is 10.0 Å². The minimum absolute atomic E-state index is 0.0352. The molecule has 0 unspecified atom stereocenters. The summed E-state index contributed by atoms with van der Waals surface area (Å²) in [6.07, 6.45) is 0. The summed E-state index contributed by atoms with van der Waals surface area (Å²) >= 11 is 0. The van der Waals surface area contributed by atoms with Crippen LogP contribution in [0.1, 0.15) is 0 Å². The van der Waals surface area contributed by atoms with Crippen molar-refractivity contribution in [1.29, 1.82) is 0 Å². The number of sulfonamides is 1. The third-order valence-electron chi connectivity index (χ3n) is 2.04. The van der Waals surface area contributed by atoms with E-state index in [4.69, 9.17) is 5.14 Å². The topological polar surface area (TPSA) is 104 Å². The molecule has 2 rings (SSSR count). The highest BCUT2D eigenvalue weighted by atomic mass is 32.2. The number of benzene rings is 1. The smallest absolute Gasteiger partial charge is 0.229 e. The van der Waals surface area contributed by atoms with E-state index in [9.17, 15) is 8.42 Å². The van der Waals surface area contributed by atoms with Crippen molar-refractivity contribution in [3.63, 3.8) is 0 Å². The quantitative estimate of drug-likeness (QED) is 0.762. The first-order valence-electron chi connectivity index (χ1n) is 4.34. The maximum absolute atomic E-state index is 11.2. The second-order valence-electron chi connectivity index (χ2n) is 3.20. The first-order chi connectivity index (χ1) is 7.48. The van der Waals surface area contributed by atoms with E-state index in [2.05, 4.69) is 15.5 Å². The number of aryl methyl sites for hydroxylation is 1. The molecule has 0 amide bonds. The van der Waals surface area contributed by atoms with Gasteiger partial charge in [-0.15, -0.1) is 5.10 Å². The number of primary sulfonamides is 1. The summed E-state index contributed by atoms with van der Waals surface area (Å²) in [4.78, 5) is 0.0352. The van der Waals surface area contributed by atoms with Crippen LogP contribution in [0.25, 0.3) is 11.4 Å². The molecule has 0 atom stereocenters. The molecule has 0 fully saturated rings. The summed E-state index contributed by atoms with van der Waals surface area (Å²) in [7, 11) is -2.04. The normalized spacial score (nSPS) is 11.6. The Balaban J connectivity index is 2.57. The molecule has 1 aromatic carbocycles. The van der Waals surface area contributed by atoms with Crippen molar-refractivity contribution in [2.24, 2.45) is 12.2 Å². The number of aromatic nitrogens is 4. The van der Waals surface area contributed by atoms with Gasteiger partial charge in [-0.05, 0) is 22.6 Å². The van der Waals surface area contributed by atoms with Crippen molar-refractivity contribution in [3.05, 3.63) is 24.3 Å². The van der Waals surface area contributed by atoms with Gasteiger partial charge in [0.1, 0.15) is 0 Å². The largest absolute Gasteiger partial charge is 0.238 e. The minimum atomic E-state index is -3.71. The molecule has 0 aliphatic heterocycles. The highest BCUT2D eigenvalue weighted by molar-refractivity contribution is 7.89. The zero-order valence-corrected chi connectivity index (χ0v) is 9.22. The van der Waals surface area contributed by atoms with Gasteiger partial charge in [-0.2, -0.15) is 0 Å². The molecule has 8 heteroatoms. The molecular formula is C8H9N5O2S. The van der Waals surface area contributed by atoms with E-state index in [0.717, 1.165) is 0 Å². The Morgan fingerprint density at radius 2 is 2.12 bits per heavy atom. The predicted molar refractivity (Wildman–Crippen MR) is 55.6 cm³/mol. The lowest BCUT2D eigenvalue weighted by atomic mass is 10.2. The minimum Gasteiger partial charge on any atom is -0.229 e. The Bertz CT molecular complexity index is 619. The molecule has 84 valence electrons. The number of hydrogen-bond acceptors (Lipinski definition) is 5. The fraction of sp³-hybridized carbons (Fsp3) is 0.125. The van der Waals surface area contributed by atoms with E-state index in [0.29, 0.717) is 11.4 Å². The Hall–Kier alpha value is -1.80. The van der Waals surface area contributed by atoms with Gasteiger partial charge in [-0.3, -0.25) is 0 Å². The van der Waals surface area contributed by atoms with E-state index in [1.165, 1.54) is 16.8 Å². The summed E-state index contributed by atoms with van der Waals surface area (Å²) in [6.45, 7) is 0. The van der Waals surface area contributed by atoms with E-state index >= 15 is 0 Å². The zero-order chi connectivity index (χ0) is 11.8. The Labute approximate surface area is 91.9 Å². The number of rotatable bonds is 2. The average Bonchev–Trinajstić information content (AvgIpc) is 2.63. The monoisotopic (exact) mass is 239 g/mol. The standard InChI is InChI=1S/C8H9N5O2S/c1-13-8(10-11-12-13)6-3-2-4-7(5-6)16(9,14)15/h2-5H,1H3,(H2,9,14,15). The summed E-state index contributed by atoms with van der Waals surface area (Å²) in [5, 5.41) is 15.9. The lowest BCUT2D eigenvalue weighted by Crippen LogP contribution is -2.12. The second kappa shape index (κ2) is 3.65. The van der Waals surface area contributed by atoms with Gasteiger partial charge < -0.3 is 0 Å². The summed E-state index contributed by atoms with van der Waals surface area (Å²) in [5.41, 5.74) is 0.596. The molecule has 0 saturated heterocycles. The molecular weight excluding hydrogens is 230 g/mol. The SMILES string of the molecule is Cn1nnnc1-c1cccc(S(N)(=O)=O)c1. The highest BCUT2D eigenvalue weighted by Crippen LogP contribution is 2.18. The Morgan fingerprint density at radius 3 is 2.69 bits per heavy atom. The molecule has 0 radical (unpaired) electrons. The van der Waals surface area contributed by atoms with Crippen molar-refractivity contribution in [1.82, 2.24) is 20.2 Å². The third-order valence-corrected chi connectivity index (χ3v) is 2.95. The molecule has 0 aliphatic carbocycles. The van der Waals surface area contributed by atoms with Gasteiger partial charge in [-0.25, -0.2) is 18.2 Å². The summed E-state index contributed by atoms with van der Waals surface area (Å²) in [6, 6.07) is 6.15. The van der Waals surface area contributed by atoms with Gasteiger partial charge in [0.05, 0.1) is 4.90 Å². The van der Waals surface area contributed by atoms with Crippen LogP contribution in [-0.4, -0.2) is 28.6 Å². The van der Waals surface area contributed by atoms with Crippen LogP contribution in [0.5, 0.6) is 0 Å². The van der Waals surface area contributed by atoms with Crippen LogP contribution in [0.4, 0.5) is 0 Å². The molecule has 0 aliphatic rings. The van der Waals surface area contributed by atoms with E-state index in [-0.39, 0.29) is 4.90 Å². The zero-order valence-electron chi connectivity index (χ0n) is 8.40. The van der Waals surface area contributed by atoms with Crippen molar-refractivity contribution >= 4 is 10.0 Å². The summed E-state index contributed by atoms with van der Waals surface area (Å²) in [5.74, 6) is 0.477. The molecule has 2 aromatic rings. The Kier molecular flexibility index (Phi) is 2.44. The van der Waals surface area contributed by atoms with Gasteiger partial charge in [0.25, 0.3) is 0 Å². The molecule has 2 N–H and O–H groups in total. The van der Waals surface area contributed by atoms with Gasteiger partial charge >= 0.3 is 0 Å². The molecule has 16 heavy (non-hydrogen) atoms. The lowest BCUT2D eigenvalue weighted by molar-refractivity contribution is 0.598. The number of nitrogens with zero attached hydrogens (tertiary/aromatic N) is 4. The lowest BCUT2D eigenvalue weighted by Gasteiger charge is -2.01. The van der Waals surface area contributed by atoms with E-state index in [1.807, 2.05) is 0 Å². The third kappa shape index (κ3) is 1.92. The average molecular weight is 239 g/mol. The van der Waals surface area contributed by atoms with Crippen molar-refractivity contribution in [3.8, 4) is 11.4 Å². The van der Waals surface area contributed by atoms with Gasteiger partial charge in [-0.1, -0.05) is 12.1 Å². The maximum atomic E-state index is 11.2. The van der Waals surface area contributed by atoms with E-state index in [1.54, 1.807) is 19.2 Å². The number of tetrazole rings is 1. The molecule has 0 spiro atoms. The molecule has 7 nitrogen and oxygen atoms in total. The fourth-order valence-electron chi connectivity index (χ4n) is 1.29. The van der Waals surface area contributed by atoms with Crippen LogP contribution in [-0.2, 0) is 17.1 Å². The predicted octanol–water partition coefficient (Wildman–Crippen LogP) is -0.476. The van der Waals surface area contributed by atoms with Crippen molar-refractivity contribution in [2.75, 3.05) is 0 Å². The van der Waals surface area contributed by atoms with E-state index < -0.39 is 10.0 Å². The van der Waals surface area contributed by atoms with Crippen LogP contribution in [0, 0.1) is 0 Å². The number of nitrogens with two attached hydrogens (primary N) is 1. The molecule has 0 bridgehead atoms. The van der Waals surface area contributed by atoms with Crippen LogP contribution in [0.15, 0.2) is 29.2 Å². The van der Waals surface area contributed by atoms with Gasteiger partial charge in [0.15, 0.2) is 5.82 Å². The molecule has 1 heterocycles. The fourth-order valence-corrected chi connectivity index (χ4v) is 1.85. The maximum Gasteiger partial charge on any atom is 0.238 e. The van der Waals surface area contributed by atoms with Crippen molar-refractivity contribution < 1.29 is 8.42 Å². The second-order valence-corrected chi connectivity index (χ2v) is 4.76. The van der Waals surface area contributed by atoms with Crippen molar-refractivity contribution in [2.45, 2.75) is 4.90 Å². The van der Waals surface area contributed by atoms with Crippen LogP contribution in [0.2, 0.25) is 0 Å². The van der Waals surface area contributed by atoms with Crippen LogP contribution in [0.3, 0.4) is 0 Å². The first-order valence-corrected chi connectivity index (χ1v) is 5.89. The highest BCUT2D eigenvalue weighted by Gasteiger charge is 2.11.